The second kappa shape index (κ2) is 6.65. The zero-order valence-electron chi connectivity index (χ0n) is 13.8. The third-order valence-corrected chi connectivity index (χ3v) is 5.14. The van der Waals surface area contributed by atoms with Crippen LogP contribution in [0.5, 0.6) is 5.75 Å². The number of nitrogens with zero attached hydrogens (tertiary/aromatic N) is 3. The number of fused-ring (bicyclic) bond motifs is 1. The van der Waals surface area contributed by atoms with Gasteiger partial charge in [-0.1, -0.05) is 0 Å². The van der Waals surface area contributed by atoms with Crippen molar-refractivity contribution in [2.45, 2.75) is 4.90 Å². The molecule has 1 aromatic carbocycles. The lowest BCUT2D eigenvalue weighted by molar-refractivity contribution is -0.118. The van der Waals surface area contributed by atoms with E-state index in [0.29, 0.717) is 11.4 Å². The molecule has 0 bridgehead atoms. The molecule has 1 aliphatic heterocycles. The maximum absolute atomic E-state index is 12.6. The molecule has 1 aliphatic rings. The van der Waals surface area contributed by atoms with Crippen molar-refractivity contribution < 1.29 is 17.9 Å². The van der Waals surface area contributed by atoms with Crippen molar-refractivity contribution in [2.75, 3.05) is 16.6 Å². The third-order valence-electron chi connectivity index (χ3n) is 3.79. The van der Waals surface area contributed by atoms with Crippen molar-refractivity contribution in [3.05, 3.63) is 55.2 Å². The van der Waals surface area contributed by atoms with Crippen molar-refractivity contribution in [1.29, 1.82) is 0 Å². The van der Waals surface area contributed by atoms with Gasteiger partial charge in [0.25, 0.3) is 15.9 Å². The van der Waals surface area contributed by atoms with Crippen LogP contribution in [-0.2, 0) is 14.8 Å². The predicted octanol–water partition coefficient (Wildman–Crippen LogP) is 1.67. The largest absolute Gasteiger partial charge is 0.482 e. The molecule has 3 aromatic rings. The van der Waals surface area contributed by atoms with Gasteiger partial charge >= 0.3 is 0 Å². The second-order valence-electron chi connectivity index (χ2n) is 5.66. The Kier molecular flexibility index (Phi) is 4.16. The highest BCUT2D eigenvalue weighted by Gasteiger charge is 2.21. The first-order chi connectivity index (χ1) is 13.0. The van der Waals surface area contributed by atoms with Gasteiger partial charge in [-0.05, 0) is 30.3 Å². The van der Waals surface area contributed by atoms with Crippen LogP contribution in [0.1, 0.15) is 0 Å². The number of hydrogen-bond acceptors (Lipinski definition) is 7. The third kappa shape index (κ3) is 3.55. The number of nitrogens with one attached hydrogen (secondary N) is 2. The van der Waals surface area contributed by atoms with Gasteiger partial charge < -0.3 is 10.1 Å². The van der Waals surface area contributed by atoms with Crippen LogP contribution in [0.2, 0.25) is 0 Å². The summed E-state index contributed by atoms with van der Waals surface area (Å²) in [6.07, 6.45) is 6.22. The highest BCUT2D eigenvalue weighted by atomic mass is 32.2. The summed E-state index contributed by atoms with van der Waals surface area (Å²) < 4.78 is 32.8. The van der Waals surface area contributed by atoms with E-state index in [0.717, 1.165) is 11.1 Å². The molecule has 27 heavy (non-hydrogen) atoms. The first-order valence-corrected chi connectivity index (χ1v) is 9.30. The average molecular weight is 383 g/mol. The molecule has 2 aromatic heterocycles. The Morgan fingerprint density at radius 1 is 1.04 bits per heavy atom. The number of carbonyl (C=O) groups is 1. The van der Waals surface area contributed by atoms with Crippen LogP contribution >= 0.6 is 0 Å². The fourth-order valence-electron chi connectivity index (χ4n) is 2.50. The van der Waals surface area contributed by atoms with Gasteiger partial charge in [0.1, 0.15) is 17.9 Å². The summed E-state index contributed by atoms with van der Waals surface area (Å²) in [7, 11) is -3.89. The maximum Gasteiger partial charge on any atom is 0.263 e. The van der Waals surface area contributed by atoms with E-state index in [4.69, 9.17) is 4.74 Å². The summed E-state index contributed by atoms with van der Waals surface area (Å²) in [5.41, 5.74) is 1.83. The summed E-state index contributed by atoms with van der Waals surface area (Å²) in [4.78, 5) is 23.4. The highest BCUT2D eigenvalue weighted by Crippen LogP contribution is 2.30. The smallest absolute Gasteiger partial charge is 0.263 e. The maximum atomic E-state index is 12.6. The van der Waals surface area contributed by atoms with Crippen molar-refractivity contribution in [3.8, 4) is 16.9 Å². The molecule has 0 aliphatic carbocycles. The van der Waals surface area contributed by atoms with Gasteiger partial charge in [0.2, 0.25) is 0 Å². The molecule has 4 rings (SSSR count). The van der Waals surface area contributed by atoms with Crippen LogP contribution in [0.4, 0.5) is 11.5 Å². The fraction of sp³-hybridized carbons (Fsp3) is 0.0588. The zero-order chi connectivity index (χ0) is 18.9. The number of aromatic nitrogens is 3. The molecule has 0 fully saturated rings. The zero-order valence-corrected chi connectivity index (χ0v) is 14.6. The van der Waals surface area contributed by atoms with E-state index < -0.39 is 10.0 Å². The first kappa shape index (κ1) is 16.9. The number of ether oxygens (including phenoxy) is 1. The molecule has 0 saturated carbocycles. The van der Waals surface area contributed by atoms with Crippen LogP contribution < -0.4 is 14.8 Å². The quantitative estimate of drug-likeness (QED) is 0.702. The van der Waals surface area contributed by atoms with Crippen molar-refractivity contribution >= 4 is 27.4 Å². The second-order valence-corrected chi connectivity index (χ2v) is 7.34. The normalized spacial score (nSPS) is 13.3. The molecular formula is C17H13N5O4S. The molecule has 0 unspecified atom stereocenters. The van der Waals surface area contributed by atoms with Gasteiger partial charge in [0, 0.05) is 29.7 Å². The number of hydrogen-bond donors (Lipinski definition) is 2. The molecule has 0 atom stereocenters. The van der Waals surface area contributed by atoms with Crippen LogP contribution in [0.3, 0.4) is 0 Å². The molecule has 0 saturated heterocycles. The number of sulfonamides is 1. The molecule has 1 amide bonds. The van der Waals surface area contributed by atoms with Gasteiger partial charge in [-0.15, -0.1) is 0 Å². The minimum Gasteiger partial charge on any atom is -0.482 e. The van der Waals surface area contributed by atoms with Crippen LogP contribution in [-0.4, -0.2) is 35.9 Å². The van der Waals surface area contributed by atoms with Crippen molar-refractivity contribution in [1.82, 2.24) is 15.0 Å². The first-order valence-electron chi connectivity index (χ1n) is 7.82. The summed E-state index contributed by atoms with van der Waals surface area (Å²) >= 11 is 0. The SMILES string of the molecule is O=C1COc2ccc(S(=O)(=O)Nc3ccc(-c4cncnc4)cn3)cc2N1. The fourth-order valence-corrected chi connectivity index (χ4v) is 3.53. The number of anilines is 2. The van der Waals surface area contributed by atoms with Crippen LogP contribution in [0.25, 0.3) is 11.1 Å². The van der Waals surface area contributed by atoms with Gasteiger partial charge in [-0.25, -0.2) is 23.4 Å². The number of carbonyl (C=O) groups excluding carboxylic acids is 1. The van der Waals surface area contributed by atoms with Gasteiger partial charge in [0.05, 0.1) is 10.6 Å². The molecule has 10 heteroatoms. The van der Waals surface area contributed by atoms with E-state index in [-0.39, 0.29) is 23.2 Å². The van der Waals surface area contributed by atoms with Gasteiger partial charge in [0.15, 0.2) is 6.61 Å². The van der Waals surface area contributed by atoms with Crippen LogP contribution in [0.15, 0.2) is 60.1 Å². The summed E-state index contributed by atoms with van der Waals surface area (Å²) in [6.45, 7) is -0.0972. The van der Waals surface area contributed by atoms with Crippen molar-refractivity contribution in [3.63, 3.8) is 0 Å². The highest BCUT2D eigenvalue weighted by molar-refractivity contribution is 7.92. The lowest BCUT2D eigenvalue weighted by Gasteiger charge is -2.18. The number of benzene rings is 1. The minimum atomic E-state index is -3.89. The molecule has 0 radical (unpaired) electrons. The molecule has 2 N–H and O–H groups in total. The van der Waals surface area contributed by atoms with E-state index in [9.17, 15) is 13.2 Å². The summed E-state index contributed by atoms with van der Waals surface area (Å²) in [5, 5.41) is 2.58. The van der Waals surface area contributed by atoms with Crippen LogP contribution in [0, 0.1) is 0 Å². The Hall–Kier alpha value is -3.53. The Balaban J connectivity index is 1.57. The average Bonchev–Trinajstić information content (AvgIpc) is 2.68. The van der Waals surface area contributed by atoms with E-state index in [1.54, 1.807) is 24.5 Å². The van der Waals surface area contributed by atoms with E-state index in [2.05, 4.69) is 25.0 Å². The predicted molar refractivity (Wildman–Crippen MR) is 96.6 cm³/mol. The Morgan fingerprint density at radius 3 is 2.59 bits per heavy atom. The minimum absolute atomic E-state index is 0.0191. The van der Waals surface area contributed by atoms with E-state index >= 15 is 0 Å². The Bertz CT molecular complexity index is 1100. The van der Waals surface area contributed by atoms with Gasteiger partial charge in [-0.3, -0.25) is 9.52 Å². The Labute approximate surface area is 154 Å². The van der Waals surface area contributed by atoms with Gasteiger partial charge in [-0.2, -0.15) is 0 Å². The number of pyridine rings is 1. The molecule has 3 heterocycles. The monoisotopic (exact) mass is 383 g/mol. The molecule has 136 valence electrons. The summed E-state index contributed by atoms with van der Waals surface area (Å²) in [5.74, 6) is 0.238. The molecule has 0 spiro atoms. The Morgan fingerprint density at radius 2 is 1.85 bits per heavy atom. The van der Waals surface area contributed by atoms with E-state index in [1.807, 2.05) is 0 Å². The lowest BCUT2D eigenvalue weighted by atomic mass is 10.1. The topological polar surface area (TPSA) is 123 Å². The number of rotatable bonds is 4. The van der Waals surface area contributed by atoms with E-state index in [1.165, 1.54) is 30.7 Å². The number of amides is 1. The molecular weight excluding hydrogens is 370 g/mol. The molecule has 9 nitrogen and oxygen atoms in total. The standard InChI is InChI=1S/C17H13N5O4S/c23-17-9-26-15-3-2-13(5-14(15)21-17)27(24,25)22-16-4-1-11(8-20-16)12-6-18-10-19-7-12/h1-8,10H,9H2,(H,20,22)(H,21,23). The summed E-state index contributed by atoms with van der Waals surface area (Å²) in [6, 6.07) is 7.49. The lowest BCUT2D eigenvalue weighted by Crippen LogP contribution is -2.25. The van der Waals surface area contributed by atoms with Crippen molar-refractivity contribution in [2.24, 2.45) is 0 Å².